The van der Waals surface area contributed by atoms with Gasteiger partial charge in [0.1, 0.15) is 10.7 Å². The lowest BCUT2D eigenvalue weighted by molar-refractivity contribution is 0.565. The Kier molecular flexibility index (Phi) is 2.74. The van der Waals surface area contributed by atoms with Gasteiger partial charge in [-0.15, -0.1) is 0 Å². The fourth-order valence-electron chi connectivity index (χ4n) is 0.958. The summed E-state index contributed by atoms with van der Waals surface area (Å²) in [6.45, 7) is 1.65. The fraction of sp³-hybridized carbons (Fsp3) is 0.143. The maximum absolute atomic E-state index is 13.1. The minimum Gasteiger partial charge on any atom is -0.224 e. The average Bonchev–Trinajstić information content (AvgIpc) is 1.78. The van der Waals surface area contributed by atoms with Gasteiger partial charge in [-0.1, -0.05) is 0 Å². The van der Waals surface area contributed by atoms with Gasteiger partial charge in [0.05, 0.1) is 0 Å². The molecule has 0 aromatic heterocycles. The monoisotopic (exact) mass is 267 g/mol. The normalized spacial score (nSPS) is 11.7. The lowest BCUT2D eigenvalue weighted by Gasteiger charge is -2.04. The van der Waals surface area contributed by atoms with Crippen LogP contribution in [0.15, 0.2) is 21.5 Å². The molecule has 0 heterocycles. The molecular weight excluding hydrogens is 261 g/mol. The second kappa shape index (κ2) is 3.36. The van der Waals surface area contributed by atoms with Crippen LogP contribution in [-0.2, 0) is 10.0 Å². The van der Waals surface area contributed by atoms with Crippen molar-refractivity contribution in [2.45, 2.75) is 11.8 Å². The van der Waals surface area contributed by atoms with Crippen molar-refractivity contribution in [3.05, 3.63) is 28.0 Å². The van der Waals surface area contributed by atoms with E-state index in [4.69, 9.17) is 5.14 Å². The molecule has 0 spiro atoms. The number of benzene rings is 1. The Morgan fingerprint density at radius 1 is 1.46 bits per heavy atom. The molecule has 0 atom stereocenters. The van der Waals surface area contributed by atoms with Gasteiger partial charge < -0.3 is 0 Å². The first-order chi connectivity index (χ1) is 5.82. The summed E-state index contributed by atoms with van der Waals surface area (Å²) in [5, 5.41) is 4.81. The number of sulfonamides is 1. The number of hydrogen-bond donors (Lipinski definition) is 1. The molecule has 2 N–H and O–H groups in total. The van der Waals surface area contributed by atoms with Crippen LogP contribution in [-0.4, -0.2) is 8.42 Å². The molecule has 0 radical (unpaired) electrons. The number of rotatable bonds is 1. The minimum absolute atomic E-state index is 0.146. The molecule has 1 rings (SSSR count). The van der Waals surface area contributed by atoms with E-state index >= 15 is 0 Å². The van der Waals surface area contributed by atoms with E-state index in [2.05, 4.69) is 15.9 Å². The molecule has 72 valence electrons. The van der Waals surface area contributed by atoms with Gasteiger partial charge in [0.2, 0.25) is 10.0 Å². The van der Waals surface area contributed by atoms with Crippen LogP contribution in [0.25, 0.3) is 0 Å². The van der Waals surface area contributed by atoms with Crippen molar-refractivity contribution < 1.29 is 12.8 Å². The third-order valence-electron chi connectivity index (χ3n) is 1.43. The van der Waals surface area contributed by atoms with Crippen LogP contribution >= 0.6 is 15.9 Å². The molecule has 0 aliphatic heterocycles. The highest BCUT2D eigenvalue weighted by Crippen LogP contribution is 2.25. The SMILES string of the molecule is Cc1cc(F)c(S(N)(=O)=O)c(Br)c1. The predicted molar refractivity (Wildman–Crippen MR) is 50.2 cm³/mol. The summed E-state index contributed by atoms with van der Waals surface area (Å²) in [6, 6.07) is 2.60. The smallest absolute Gasteiger partial charge is 0.224 e. The maximum Gasteiger partial charge on any atom is 0.242 e. The van der Waals surface area contributed by atoms with Crippen LogP contribution < -0.4 is 5.14 Å². The Morgan fingerprint density at radius 2 is 2.00 bits per heavy atom. The van der Waals surface area contributed by atoms with Crippen LogP contribution in [0.1, 0.15) is 5.56 Å². The number of halogens is 2. The van der Waals surface area contributed by atoms with E-state index in [1.807, 2.05) is 0 Å². The lowest BCUT2D eigenvalue weighted by Crippen LogP contribution is -2.14. The van der Waals surface area contributed by atoms with Gasteiger partial charge in [0.25, 0.3) is 0 Å². The highest BCUT2D eigenvalue weighted by atomic mass is 79.9. The molecule has 1 aromatic carbocycles. The third kappa shape index (κ3) is 2.26. The van der Waals surface area contributed by atoms with Crippen LogP contribution in [0.2, 0.25) is 0 Å². The molecule has 1 aromatic rings. The summed E-state index contributed by atoms with van der Waals surface area (Å²) in [4.78, 5) is -0.502. The number of aryl methyl sites for hydroxylation is 1. The van der Waals surface area contributed by atoms with E-state index in [1.165, 1.54) is 6.07 Å². The molecule has 0 fully saturated rings. The van der Waals surface area contributed by atoms with Crippen LogP contribution in [0, 0.1) is 12.7 Å². The highest BCUT2D eigenvalue weighted by molar-refractivity contribution is 9.10. The summed E-state index contributed by atoms with van der Waals surface area (Å²) in [5.41, 5.74) is 0.622. The van der Waals surface area contributed by atoms with Crippen molar-refractivity contribution in [3.63, 3.8) is 0 Å². The zero-order valence-electron chi connectivity index (χ0n) is 6.71. The Balaban J connectivity index is 3.57. The molecule has 0 saturated heterocycles. The summed E-state index contributed by atoms with van der Waals surface area (Å²) in [7, 11) is -4.00. The molecule has 13 heavy (non-hydrogen) atoms. The van der Waals surface area contributed by atoms with Gasteiger partial charge in [-0.25, -0.2) is 17.9 Å². The van der Waals surface area contributed by atoms with Gasteiger partial charge in [-0.2, -0.15) is 0 Å². The summed E-state index contributed by atoms with van der Waals surface area (Å²) < 4.78 is 35.1. The first-order valence-electron chi connectivity index (χ1n) is 3.31. The Morgan fingerprint density at radius 3 is 2.38 bits per heavy atom. The second-order valence-corrected chi connectivity index (χ2v) is 4.96. The Labute approximate surface area is 83.9 Å². The van der Waals surface area contributed by atoms with Crippen molar-refractivity contribution in [3.8, 4) is 0 Å². The number of nitrogens with two attached hydrogens (primary N) is 1. The van der Waals surface area contributed by atoms with E-state index < -0.39 is 20.7 Å². The van der Waals surface area contributed by atoms with Crippen molar-refractivity contribution in [2.75, 3.05) is 0 Å². The zero-order chi connectivity index (χ0) is 10.2. The number of primary sulfonamides is 1. The molecule has 0 aliphatic rings. The summed E-state index contributed by atoms with van der Waals surface area (Å²) in [5.74, 6) is -0.839. The van der Waals surface area contributed by atoms with E-state index in [0.717, 1.165) is 6.07 Å². The standard InChI is InChI=1S/C7H7BrFNO2S/c1-4-2-5(8)7(6(9)3-4)13(10,11)12/h2-3H,1H3,(H2,10,11,12). The van der Waals surface area contributed by atoms with Gasteiger partial charge in [0, 0.05) is 4.47 Å². The maximum atomic E-state index is 13.1. The predicted octanol–water partition coefficient (Wildman–Crippen LogP) is 1.54. The van der Waals surface area contributed by atoms with Gasteiger partial charge >= 0.3 is 0 Å². The summed E-state index contributed by atoms with van der Waals surface area (Å²) in [6.07, 6.45) is 0. The van der Waals surface area contributed by atoms with Crippen molar-refractivity contribution in [2.24, 2.45) is 5.14 Å². The largest absolute Gasteiger partial charge is 0.242 e. The van der Waals surface area contributed by atoms with E-state index in [-0.39, 0.29) is 4.47 Å². The van der Waals surface area contributed by atoms with E-state index in [9.17, 15) is 12.8 Å². The molecule has 0 unspecified atom stereocenters. The lowest BCUT2D eigenvalue weighted by atomic mass is 10.2. The van der Waals surface area contributed by atoms with Crippen LogP contribution in [0.3, 0.4) is 0 Å². The van der Waals surface area contributed by atoms with Crippen LogP contribution in [0.4, 0.5) is 4.39 Å². The van der Waals surface area contributed by atoms with Gasteiger partial charge in [0.15, 0.2) is 0 Å². The van der Waals surface area contributed by atoms with Gasteiger partial charge in [-0.05, 0) is 40.5 Å². The van der Waals surface area contributed by atoms with E-state index in [0.29, 0.717) is 5.56 Å². The highest BCUT2D eigenvalue weighted by Gasteiger charge is 2.18. The van der Waals surface area contributed by atoms with Crippen molar-refractivity contribution >= 4 is 26.0 Å². The molecule has 0 amide bonds. The molecule has 0 bridgehead atoms. The molecular formula is C7H7BrFNO2S. The quantitative estimate of drug-likeness (QED) is 0.839. The average molecular weight is 268 g/mol. The van der Waals surface area contributed by atoms with Gasteiger partial charge in [-0.3, -0.25) is 0 Å². The zero-order valence-corrected chi connectivity index (χ0v) is 9.12. The minimum atomic E-state index is -4.00. The molecule has 0 aliphatic carbocycles. The molecule has 3 nitrogen and oxygen atoms in total. The van der Waals surface area contributed by atoms with Crippen molar-refractivity contribution in [1.29, 1.82) is 0 Å². The molecule has 6 heteroatoms. The van der Waals surface area contributed by atoms with Crippen molar-refractivity contribution in [1.82, 2.24) is 0 Å². The Hall–Kier alpha value is -0.460. The topological polar surface area (TPSA) is 60.2 Å². The second-order valence-electron chi connectivity index (χ2n) is 2.60. The van der Waals surface area contributed by atoms with E-state index in [1.54, 1.807) is 6.92 Å². The molecule has 0 saturated carbocycles. The Bertz CT molecular complexity index is 421. The fourth-order valence-corrected chi connectivity index (χ4v) is 2.85. The number of hydrogen-bond acceptors (Lipinski definition) is 2. The summed E-state index contributed by atoms with van der Waals surface area (Å²) >= 11 is 2.93. The first-order valence-corrected chi connectivity index (χ1v) is 5.65. The third-order valence-corrected chi connectivity index (χ3v) is 3.30. The van der Waals surface area contributed by atoms with Crippen LogP contribution in [0.5, 0.6) is 0 Å². The first kappa shape index (κ1) is 10.6.